The minimum Gasteiger partial charge on any atom is -0.492 e. The third-order valence-electron chi connectivity index (χ3n) is 5.00. The van der Waals surface area contributed by atoms with Crippen LogP contribution in [0.3, 0.4) is 0 Å². The molecule has 2 aromatic carbocycles. The molecule has 6 nitrogen and oxygen atoms in total. The van der Waals surface area contributed by atoms with Crippen LogP contribution in [-0.4, -0.2) is 37.3 Å². The van der Waals surface area contributed by atoms with Gasteiger partial charge in [-0.1, -0.05) is 36.4 Å². The zero-order valence-corrected chi connectivity index (χ0v) is 17.5. The number of rotatable bonds is 5. The molecule has 1 heterocycles. The number of aliphatic hydroxyl groups excluding tert-OH is 1. The van der Waals surface area contributed by atoms with Crippen molar-refractivity contribution in [1.29, 1.82) is 0 Å². The second-order valence-electron chi connectivity index (χ2n) is 6.77. The van der Waals surface area contributed by atoms with Crippen molar-refractivity contribution in [2.45, 2.75) is 18.8 Å². The average molecular weight is 436 g/mol. The van der Waals surface area contributed by atoms with Gasteiger partial charge in [0.1, 0.15) is 0 Å². The summed E-state index contributed by atoms with van der Waals surface area (Å²) in [5.74, 6) is -0.439. The molecule has 153 valence electrons. The number of aliphatic hydroxyl groups is 1. The molecule has 0 bridgehead atoms. The molecule has 1 radical (unpaired) electrons. The molecule has 0 aliphatic carbocycles. The van der Waals surface area contributed by atoms with Gasteiger partial charge in [-0.05, 0) is 36.8 Å². The van der Waals surface area contributed by atoms with Crippen molar-refractivity contribution in [2.24, 2.45) is 10.2 Å². The van der Waals surface area contributed by atoms with Crippen molar-refractivity contribution in [3.63, 3.8) is 0 Å². The first kappa shape index (κ1) is 22.4. The predicted molar refractivity (Wildman–Crippen MR) is 111 cm³/mol. The number of benzene rings is 2. The normalized spacial score (nSPS) is 19.9. The summed E-state index contributed by atoms with van der Waals surface area (Å²) in [6.07, 6.45) is 3.54. The molecule has 1 aliphatic rings. The molecule has 1 aliphatic heterocycles. The summed E-state index contributed by atoms with van der Waals surface area (Å²) < 4.78 is 4.91. The minimum atomic E-state index is -0.546. The van der Waals surface area contributed by atoms with Crippen LogP contribution in [0.2, 0.25) is 0 Å². The van der Waals surface area contributed by atoms with Crippen LogP contribution < -0.4 is 4.90 Å². The summed E-state index contributed by atoms with van der Waals surface area (Å²) in [5, 5.41) is 17.8. The van der Waals surface area contributed by atoms with Crippen LogP contribution in [-0.2, 0) is 31.7 Å². The van der Waals surface area contributed by atoms with Gasteiger partial charge in [-0.2, -0.15) is 5.10 Å². The Morgan fingerprint density at radius 1 is 1.17 bits per heavy atom. The number of para-hydroxylation sites is 1. The molecule has 1 atom stereocenters. The number of nitrogens with zero attached hydrogens (tertiary/aromatic N) is 3. The van der Waals surface area contributed by atoms with Crippen LogP contribution >= 0.6 is 0 Å². The molecule has 0 saturated heterocycles. The number of esters is 1. The number of likely N-dealkylation sites (N-methyl/N-ethyl adjacent to an activating group) is 1. The topological polar surface area (TPSA) is 74.5 Å². The van der Waals surface area contributed by atoms with E-state index in [1.807, 2.05) is 67.4 Å². The summed E-state index contributed by atoms with van der Waals surface area (Å²) in [6.45, 7) is 2.01. The molecular formula is C22H23CoN3O3. The maximum Gasteiger partial charge on any atom is 0.306 e. The number of fused-ring (bicyclic) bond motifs is 1. The van der Waals surface area contributed by atoms with E-state index in [4.69, 9.17) is 4.74 Å². The number of ether oxygens (including phenoxy) is 1. The van der Waals surface area contributed by atoms with Crippen LogP contribution in [0, 0.1) is 0 Å². The number of hydrogen-bond donors (Lipinski definition) is 1. The van der Waals surface area contributed by atoms with Crippen molar-refractivity contribution < 1.29 is 31.4 Å². The molecule has 1 unspecified atom stereocenters. The first-order valence-electron chi connectivity index (χ1n) is 8.93. The third-order valence-corrected chi connectivity index (χ3v) is 5.00. The van der Waals surface area contributed by atoms with E-state index in [0.717, 1.165) is 16.9 Å². The Morgan fingerprint density at radius 2 is 1.83 bits per heavy atom. The molecule has 0 aromatic heterocycles. The van der Waals surface area contributed by atoms with Crippen LogP contribution in [0.1, 0.15) is 24.5 Å². The Kier molecular flexibility index (Phi) is 7.36. The Bertz CT molecular complexity index is 957. The minimum absolute atomic E-state index is 0. The standard InChI is InChI=1S/C22H23N3O3.Co/c1-22(15-20(26)28-3)17-11-7-8-12-18(17)25(2)19(22)13-14-23-24-21(27)16-9-5-4-6-10-16;/h4-14H,15H2,1-3H3,(H,24,27);/b19-13-,23-14+;. The van der Waals surface area contributed by atoms with Crippen molar-refractivity contribution in [3.05, 3.63) is 77.5 Å². The summed E-state index contributed by atoms with van der Waals surface area (Å²) >= 11 is 0. The second kappa shape index (κ2) is 9.53. The number of allylic oxidation sites excluding steroid dienone is 2. The fourth-order valence-corrected chi connectivity index (χ4v) is 3.55. The Hall–Kier alpha value is -2.90. The van der Waals surface area contributed by atoms with Gasteiger partial charge in [-0.15, -0.1) is 5.10 Å². The maximum absolute atomic E-state index is 12.1. The van der Waals surface area contributed by atoms with Gasteiger partial charge in [0.2, 0.25) is 5.90 Å². The van der Waals surface area contributed by atoms with Crippen molar-refractivity contribution in [3.8, 4) is 0 Å². The van der Waals surface area contributed by atoms with Gasteiger partial charge in [-0.3, -0.25) is 4.79 Å². The predicted octanol–water partition coefficient (Wildman–Crippen LogP) is 3.83. The molecule has 7 heteroatoms. The van der Waals surface area contributed by atoms with Crippen LogP contribution in [0.25, 0.3) is 0 Å². The van der Waals surface area contributed by atoms with Crippen molar-refractivity contribution in [2.75, 3.05) is 19.1 Å². The molecule has 0 amide bonds. The SMILES string of the molecule is COC(=O)CC1(C)/C(=C/C=N/N=C(\O)c2ccccc2)N(C)c2ccccc21.[Co]. The molecule has 0 fully saturated rings. The largest absolute Gasteiger partial charge is 0.492 e. The van der Waals surface area contributed by atoms with Gasteiger partial charge < -0.3 is 14.7 Å². The van der Waals surface area contributed by atoms with E-state index in [1.165, 1.54) is 13.3 Å². The number of hydrogen-bond acceptors (Lipinski definition) is 5. The number of anilines is 1. The molecule has 2 aromatic rings. The average Bonchev–Trinajstić information content (AvgIpc) is 2.93. The monoisotopic (exact) mass is 436 g/mol. The summed E-state index contributed by atoms with van der Waals surface area (Å²) in [4.78, 5) is 14.1. The first-order chi connectivity index (χ1) is 13.5. The molecule has 29 heavy (non-hydrogen) atoms. The Balaban J connectivity index is 0.00000300. The van der Waals surface area contributed by atoms with Crippen LogP contribution in [0.4, 0.5) is 5.69 Å². The smallest absolute Gasteiger partial charge is 0.306 e. The third kappa shape index (κ3) is 4.57. The van der Waals surface area contributed by atoms with E-state index in [0.29, 0.717) is 5.56 Å². The van der Waals surface area contributed by atoms with Gasteiger partial charge in [0.05, 0.1) is 19.7 Å². The quantitative estimate of drug-likeness (QED) is 0.335. The van der Waals surface area contributed by atoms with E-state index in [9.17, 15) is 9.90 Å². The fourth-order valence-electron chi connectivity index (χ4n) is 3.55. The fraction of sp³-hybridized carbons (Fsp3) is 0.227. The van der Waals surface area contributed by atoms with Gasteiger partial charge >= 0.3 is 5.97 Å². The molecule has 0 spiro atoms. The van der Waals surface area contributed by atoms with Gasteiger partial charge in [0.25, 0.3) is 0 Å². The number of carbonyl (C=O) groups excluding carboxylic acids is 1. The summed E-state index contributed by atoms with van der Waals surface area (Å²) in [6, 6.07) is 17.0. The zero-order chi connectivity index (χ0) is 20.1. The molecule has 1 N–H and O–H groups in total. The van der Waals surface area contributed by atoms with E-state index in [1.54, 1.807) is 12.1 Å². The molecule has 3 rings (SSSR count). The van der Waals surface area contributed by atoms with Crippen molar-refractivity contribution >= 4 is 23.8 Å². The van der Waals surface area contributed by atoms with Crippen LogP contribution in [0.15, 0.2) is 76.6 Å². The zero-order valence-electron chi connectivity index (χ0n) is 16.5. The van der Waals surface area contributed by atoms with E-state index < -0.39 is 5.41 Å². The Labute approximate surface area is 180 Å². The molecule has 0 saturated carbocycles. The number of carbonyl (C=O) groups is 1. The van der Waals surface area contributed by atoms with Gasteiger partial charge in [-0.25, -0.2) is 0 Å². The van der Waals surface area contributed by atoms with E-state index in [2.05, 4.69) is 10.2 Å². The summed E-state index contributed by atoms with van der Waals surface area (Å²) in [7, 11) is 3.34. The maximum atomic E-state index is 12.1. The van der Waals surface area contributed by atoms with Gasteiger partial charge in [0, 0.05) is 46.2 Å². The van der Waals surface area contributed by atoms with Gasteiger partial charge in [0.15, 0.2) is 0 Å². The second-order valence-corrected chi connectivity index (χ2v) is 6.77. The Morgan fingerprint density at radius 3 is 2.52 bits per heavy atom. The van der Waals surface area contributed by atoms with E-state index in [-0.39, 0.29) is 35.1 Å². The first-order valence-corrected chi connectivity index (χ1v) is 8.93. The molecular weight excluding hydrogens is 413 g/mol. The van der Waals surface area contributed by atoms with Crippen molar-refractivity contribution in [1.82, 2.24) is 0 Å². The number of methoxy groups -OCH3 is 1. The van der Waals surface area contributed by atoms with E-state index >= 15 is 0 Å². The summed E-state index contributed by atoms with van der Waals surface area (Å²) in [5.41, 5.74) is 3.03. The van der Waals surface area contributed by atoms with Crippen LogP contribution in [0.5, 0.6) is 0 Å².